The molecule has 5 aromatic rings. The van der Waals surface area contributed by atoms with Gasteiger partial charge in [-0.3, -0.25) is 0 Å². The topological polar surface area (TPSA) is 49.0 Å². The van der Waals surface area contributed by atoms with E-state index in [1.165, 1.54) is 16.7 Å². The molecular weight excluding hydrogens is 534 g/mol. The molecule has 5 heteroatoms. The molecule has 218 valence electrons. The van der Waals surface area contributed by atoms with Crippen molar-refractivity contribution in [1.29, 1.82) is 0 Å². The number of hydrogen-bond donors (Lipinski definition) is 1. The van der Waals surface area contributed by atoms with E-state index in [1.54, 1.807) is 7.11 Å². The summed E-state index contributed by atoms with van der Waals surface area (Å²) in [7, 11) is 1.70. The molecule has 0 fully saturated rings. The number of nitrogens with one attached hydrogen (secondary N) is 1. The highest BCUT2D eigenvalue weighted by atomic mass is 16.5. The normalized spacial score (nSPS) is 14.0. The predicted molar refractivity (Wildman–Crippen MR) is 170 cm³/mol. The minimum Gasteiger partial charge on any atom is -0.493 e. The lowest BCUT2D eigenvalue weighted by Gasteiger charge is -2.29. The van der Waals surface area contributed by atoms with Crippen molar-refractivity contribution in [2.45, 2.75) is 38.7 Å². The van der Waals surface area contributed by atoms with Gasteiger partial charge in [0, 0.05) is 6.04 Å². The van der Waals surface area contributed by atoms with Crippen molar-refractivity contribution in [3.63, 3.8) is 0 Å². The van der Waals surface area contributed by atoms with Crippen LogP contribution in [0.5, 0.6) is 23.0 Å². The second-order valence-electron chi connectivity index (χ2n) is 10.8. The zero-order valence-corrected chi connectivity index (χ0v) is 24.5. The Labute approximate surface area is 254 Å². The Morgan fingerprint density at radius 2 is 1.09 bits per heavy atom. The van der Waals surface area contributed by atoms with E-state index in [4.69, 9.17) is 18.9 Å². The average molecular weight is 572 g/mol. The Morgan fingerprint density at radius 3 is 1.65 bits per heavy atom. The van der Waals surface area contributed by atoms with Gasteiger partial charge in [-0.15, -0.1) is 0 Å². The molecule has 5 aromatic carbocycles. The molecule has 1 heterocycles. The lowest BCUT2D eigenvalue weighted by Crippen LogP contribution is -2.31. The molecule has 0 aromatic heterocycles. The fourth-order valence-corrected chi connectivity index (χ4v) is 5.46. The quantitative estimate of drug-likeness (QED) is 0.165. The van der Waals surface area contributed by atoms with Crippen LogP contribution in [0.25, 0.3) is 0 Å². The predicted octanol–water partition coefficient (Wildman–Crippen LogP) is 7.86. The van der Waals surface area contributed by atoms with E-state index in [0.717, 1.165) is 59.1 Å². The molecule has 0 saturated heterocycles. The first-order valence-electron chi connectivity index (χ1n) is 14.8. The first-order valence-corrected chi connectivity index (χ1v) is 14.8. The van der Waals surface area contributed by atoms with Gasteiger partial charge in [-0.2, -0.15) is 0 Å². The third kappa shape index (κ3) is 7.37. The smallest absolute Gasteiger partial charge is 0.162 e. The highest BCUT2D eigenvalue weighted by Gasteiger charge is 2.24. The van der Waals surface area contributed by atoms with E-state index in [-0.39, 0.29) is 6.04 Å². The van der Waals surface area contributed by atoms with Crippen LogP contribution in [-0.2, 0) is 32.7 Å². The van der Waals surface area contributed by atoms with Crippen LogP contribution >= 0.6 is 0 Å². The van der Waals surface area contributed by atoms with Gasteiger partial charge in [0.15, 0.2) is 23.0 Å². The van der Waals surface area contributed by atoms with Gasteiger partial charge in [-0.05, 0) is 77.0 Å². The molecule has 1 N–H and O–H groups in total. The summed E-state index contributed by atoms with van der Waals surface area (Å²) < 4.78 is 24.6. The summed E-state index contributed by atoms with van der Waals surface area (Å²) in [6.45, 7) is 2.34. The van der Waals surface area contributed by atoms with Gasteiger partial charge in [-0.1, -0.05) is 97.1 Å². The van der Waals surface area contributed by atoms with Crippen molar-refractivity contribution in [2.75, 3.05) is 13.7 Å². The van der Waals surface area contributed by atoms with Gasteiger partial charge in [0.1, 0.15) is 19.8 Å². The first-order chi connectivity index (χ1) is 21.2. The molecule has 0 bridgehead atoms. The van der Waals surface area contributed by atoms with Crippen LogP contribution in [-0.4, -0.2) is 13.7 Å². The molecule has 43 heavy (non-hydrogen) atoms. The maximum absolute atomic E-state index is 6.35. The minimum atomic E-state index is 0.131. The maximum atomic E-state index is 6.35. The lowest BCUT2D eigenvalue weighted by atomic mass is 9.89. The third-order valence-corrected chi connectivity index (χ3v) is 7.75. The molecule has 0 aliphatic carbocycles. The van der Waals surface area contributed by atoms with Gasteiger partial charge in [0.05, 0.1) is 7.11 Å². The second kappa shape index (κ2) is 14.0. The van der Waals surface area contributed by atoms with Crippen molar-refractivity contribution in [3.05, 3.63) is 155 Å². The molecule has 0 radical (unpaired) electrons. The zero-order chi connectivity index (χ0) is 29.3. The Balaban J connectivity index is 1.23. The van der Waals surface area contributed by atoms with Crippen LogP contribution in [0.3, 0.4) is 0 Å². The van der Waals surface area contributed by atoms with Gasteiger partial charge in [-0.25, -0.2) is 0 Å². The number of methoxy groups -OCH3 is 1. The standard InChI is InChI=1S/C38H37NO4/c1-40-36-23-32-19-20-39-34(33(32)24-38(36)43-27-30-15-9-4-10-16-30)21-31-17-18-35(41-25-28-11-5-2-6-12-28)37(22-31)42-26-29-13-7-3-8-14-29/h2-18,22-24,34,39H,19-21,25-27H2,1H3/t34-/m0/s1. The zero-order valence-electron chi connectivity index (χ0n) is 24.5. The number of benzene rings is 5. The Bertz CT molecular complexity index is 1610. The molecule has 5 nitrogen and oxygen atoms in total. The summed E-state index contributed by atoms with van der Waals surface area (Å²) in [6, 6.07) is 41.3. The number of rotatable bonds is 12. The Morgan fingerprint density at radius 1 is 0.558 bits per heavy atom. The van der Waals surface area contributed by atoms with Crippen LogP contribution in [0.1, 0.15) is 39.4 Å². The molecular formula is C38H37NO4. The van der Waals surface area contributed by atoms with Crippen molar-refractivity contribution < 1.29 is 18.9 Å². The first kappa shape index (κ1) is 28.4. The molecule has 0 saturated carbocycles. The van der Waals surface area contributed by atoms with Crippen molar-refractivity contribution in [1.82, 2.24) is 5.32 Å². The SMILES string of the molecule is COc1cc2c(cc1OCc1ccccc1)[C@H](Cc1ccc(OCc3ccccc3)c(OCc3ccccc3)c1)NCC2. The lowest BCUT2D eigenvalue weighted by molar-refractivity contribution is 0.255. The number of ether oxygens (including phenoxy) is 4. The largest absolute Gasteiger partial charge is 0.493 e. The summed E-state index contributed by atoms with van der Waals surface area (Å²) in [5.41, 5.74) is 7.05. The van der Waals surface area contributed by atoms with Crippen LogP contribution in [0.4, 0.5) is 0 Å². The summed E-state index contributed by atoms with van der Waals surface area (Å²) in [4.78, 5) is 0. The highest BCUT2D eigenvalue weighted by molar-refractivity contribution is 5.50. The van der Waals surface area contributed by atoms with E-state index >= 15 is 0 Å². The molecule has 0 amide bonds. The van der Waals surface area contributed by atoms with Crippen molar-refractivity contribution in [2.24, 2.45) is 0 Å². The monoisotopic (exact) mass is 571 g/mol. The fraction of sp³-hybridized carbons (Fsp3) is 0.211. The third-order valence-electron chi connectivity index (χ3n) is 7.75. The van der Waals surface area contributed by atoms with Crippen molar-refractivity contribution in [3.8, 4) is 23.0 Å². The molecule has 0 unspecified atom stereocenters. The number of fused-ring (bicyclic) bond motifs is 1. The fourth-order valence-electron chi connectivity index (χ4n) is 5.46. The van der Waals surface area contributed by atoms with Gasteiger partial charge in [0.25, 0.3) is 0 Å². The summed E-state index contributed by atoms with van der Waals surface area (Å²) in [5.74, 6) is 3.01. The van der Waals surface area contributed by atoms with E-state index in [9.17, 15) is 0 Å². The molecule has 1 atom stereocenters. The van der Waals surface area contributed by atoms with Crippen molar-refractivity contribution >= 4 is 0 Å². The Hall–Kier alpha value is -4.74. The highest BCUT2D eigenvalue weighted by Crippen LogP contribution is 2.38. The Kier molecular flexibility index (Phi) is 9.21. The van der Waals surface area contributed by atoms with Crippen LogP contribution in [0.2, 0.25) is 0 Å². The van der Waals surface area contributed by atoms with Gasteiger partial charge >= 0.3 is 0 Å². The van der Waals surface area contributed by atoms with Crippen LogP contribution in [0.15, 0.2) is 121 Å². The maximum Gasteiger partial charge on any atom is 0.162 e. The van der Waals surface area contributed by atoms with Crippen LogP contribution in [0, 0.1) is 0 Å². The molecule has 1 aliphatic heterocycles. The average Bonchev–Trinajstić information content (AvgIpc) is 3.07. The minimum absolute atomic E-state index is 0.131. The van der Waals surface area contributed by atoms with Crippen LogP contribution < -0.4 is 24.3 Å². The van der Waals surface area contributed by atoms with E-state index in [2.05, 4.69) is 66.0 Å². The van der Waals surface area contributed by atoms with E-state index in [0.29, 0.717) is 19.8 Å². The van der Waals surface area contributed by atoms with Gasteiger partial charge in [0.2, 0.25) is 0 Å². The second-order valence-corrected chi connectivity index (χ2v) is 10.8. The summed E-state index contributed by atoms with van der Waals surface area (Å²) in [6.07, 6.45) is 1.75. The molecule has 0 spiro atoms. The number of hydrogen-bond acceptors (Lipinski definition) is 5. The summed E-state index contributed by atoms with van der Waals surface area (Å²) in [5, 5.41) is 3.73. The summed E-state index contributed by atoms with van der Waals surface area (Å²) >= 11 is 0. The molecule has 1 aliphatic rings. The van der Waals surface area contributed by atoms with Gasteiger partial charge < -0.3 is 24.3 Å². The van der Waals surface area contributed by atoms with E-state index < -0.39 is 0 Å². The molecule has 6 rings (SSSR count). The van der Waals surface area contributed by atoms with E-state index in [1.807, 2.05) is 60.7 Å².